The van der Waals surface area contributed by atoms with Crippen molar-refractivity contribution in [2.45, 2.75) is 19.9 Å². The maximum absolute atomic E-state index is 11.6. The summed E-state index contributed by atoms with van der Waals surface area (Å²) in [6.45, 7) is 3.86. The van der Waals surface area contributed by atoms with Crippen molar-refractivity contribution < 1.29 is 9.53 Å². The third kappa shape index (κ3) is 2.39. The molecule has 0 radical (unpaired) electrons. The minimum absolute atomic E-state index is 0.00161. The summed E-state index contributed by atoms with van der Waals surface area (Å²) in [5, 5.41) is 7.88. The average molecular weight is 265 g/mol. The maximum Gasteiger partial charge on any atom is 0.416 e. The molecule has 9 nitrogen and oxygen atoms in total. The van der Waals surface area contributed by atoms with E-state index in [1.165, 1.54) is 4.90 Å². The molecule has 0 bridgehead atoms. The molecule has 0 fully saturated rings. The molecule has 0 atom stereocenters. The van der Waals surface area contributed by atoms with Gasteiger partial charge in [-0.2, -0.15) is 9.97 Å². The van der Waals surface area contributed by atoms with Crippen LogP contribution in [0.15, 0.2) is 0 Å². The van der Waals surface area contributed by atoms with Crippen LogP contribution < -0.4 is 10.5 Å². The van der Waals surface area contributed by atoms with Crippen LogP contribution in [0.3, 0.4) is 0 Å². The van der Waals surface area contributed by atoms with Gasteiger partial charge in [0.25, 0.3) is 5.88 Å². The second kappa shape index (κ2) is 4.67. The van der Waals surface area contributed by atoms with Gasteiger partial charge in [-0.25, -0.2) is 9.48 Å². The first-order valence-electron chi connectivity index (χ1n) is 5.67. The second-order valence-electron chi connectivity index (χ2n) is 4.45. The molecule has 0 aliphatic carbocycles. The summed E-state index contributed by atoms with van der Waals surface area (Å²) in [6.07, 6.45) is -0.571. The Morgan fingerprint density at radius 1 is 1.37 bits per heavy atom. The van der Waals surface area contributed by atoms with Crippen LogP contribution in [0.4, 0.5) is 10.7 Å². The topological polar surface area (TPSA) is 112 Å². The van der Waals surface area contributed by atoms with Crippen molar-refractivity contribution >= 4 is 23.2 Å². The number of fused-ring (bicyclic) bond motifs is 1. The van der Waals surface area contributed by atoms with Crippen molar-refractivity contribution in [2.24, 2.45) is 0 Å². The quantitative estimate of drug-likeness (QED) is 0.838. The zero-order valence-electron chi connectivity index (χ0n) is 11.2. The fourth-order valence-electron chi connectivity index (χ4n) is 1.41. The normalized spacial score (nSPS) is 11.0. The third-order valence-electron chi connectivity index (χ3n) is 2.35. The smallest absolute Gasteiger partial charge is 0.388 e. The fourth-order valence-corrected chi connectivity index (χ4v) is 1.41. The van der Waals surface area contributed by atoms with E-state index < -0.39 is 6.09 Å². The van der Waals surface area contributed by atoms with Crippen LogP contribution in [-0.4, -0.2) is 50.1 Å². The number of nitrogens with zero attached hydrogens (tertiary/aromatic N) is 6. The van der Waals surface area contributed by atoms with Crippen molar-refractivity contribution in [2.75, 3.05) is 19.8 Å². The number of nitrogen functional groups attached to an aromatic ring is 1. The first-order valence-corrected chi connectivity index (χ1v) is 5.67. The molecule has 1 amide bonds. The molecule has 0 unspecified atom stereocenters. The SMILES string of the molecule is CC(C)n1nnc2c(OC(=O)N(C)C)nc(N)nc21. The van der Waals surface area contributed by atoms with Crippen molar-refractivity contribution in [3.8, 4) is 5.88 Å². The van der Waals surface area contributed by atoms with Gasteiger partial charge in [-0.15, -0.1) is 5.10 Å². The minimum Gasteiger partial charge on any atom is -0.388 e. The Labute approximate surface area is 109 Å². The Kier molecular flexibility index (Phi) is 3.19. The Morgan fingerprint density at radius 2 is 2.05 bits per heavy atom. The zero-order valence-corrected chi connectivity index (χ0v) is 11.2. The van der Waals surface area contributed by atoms with Crippen LogP contribution in [0.25, 0.3) is 11.2 Å². The summed E-state index contributed by atoms with van der Waals surface area (Å²) in [6, 6.07) is 0.0525. The van der Waals surface area contributed by atoms with Gasteiger partial charge in [0, 0.05) is 14.1 Å². The first-order chi connectivity index (χ1) is 8.90. The molecule has 0 aliphatic rings. The molecule has 19 heavy (non-hydrogen) atoms. The van der Waals surface area contributed by atoms with E-state index in [0.29, 0.717) is 11.2 Å². The van der Waals surface area contributed by atoms with Gasteiger partial charge in [0.15, 0.2) is 11.2 Å². The average Bonchev–Trinajstić information content (AvgIpc) is 2.72. The molecule has 2 N–H and O–H groups in total. The van der Waals surface area contributed by atoms with Gasteiger partial charge < -0.3 is 15.4 Å². The van der Waals surface area contributed by atoms with Crippen LogP contribution in [-0.2, 0) is 0 Å². The first kappa shape index (κ1) is 13.0. The monoisotopic (exact) mass is 265 g/mol. The van der Waals surface area contributed by atoms with Crippen molar-refractivity contribution in [3.63, 3.8) is 0 Å². The molecule has 2 heterocycles. The van der Waals surface area contributed by atoms with Crippen LogP contribution in [0, 0.1) is 0 Å². The highest BCUT2D eigenvalue weighted by Crippen LogP contribution is 2.23. The molecular formula is C10H15N7O2. The molecule has 0 aromatic carbocycles. The molecule has 9 heteroatoms. The predicted molar refractivity (Wildman–Crippen MR) is 67.6 cm³/mol. The lowest BCUT2D eigenvalue weighted by molar-refractivity contribution is 0.170. The summed E-state index contributed by atoms with van der Waals surface area (Å²) in [5.41, 5.74) is 6.35. The van der Waals surface area contributed by atoms with E-state index in [9.17, 15) is 4.79 Å². The summed E-state index contributed by atoms with van der Waals surface area (Å²) in [7, 11) is 3.13. The summed E-state index contributed by atoms with van der Waals surface area (Å²) >= 11 is 0. The lowest BCUT2D eigenvalue weighted by atomic mass is 10.4. The predicted octanol–water partition coefficient (Wildman–Crippen LogP) is 0.445. The number of hydrogen-bond acceptors (Lipinski definition) is 7. The Morgan fingerprint density at radius 3 is 2.63 bits per heavy atom. The van der Waals surface area contributed by atoms with Crippen molar-refractivity contribution in [1.29, 1.82) is 0 Å². The van der Waals surface area contributed by atoms with E-state index in [2.05, 4.69) is 20.3 Å². The molecule has 2 aromatic heterocycles. The minimum atomic E-state index is -0.571. The highest BCUT2D eigenvalue weighted by Gasteiger charge is 2.19. The number of hydrogen-bond donors (Lipinski definition) is 1. The third-order valence-corrected chi connectivity index (χ3v) is 2.35. The zero-order chi connectivity index (χ0) is 14.2. The van der Waals surface area contributed by atoms with Crippen molar-refractivity contribution in [3.05, 3.63) is 0 Å². The van der Waals surface area contributed by atoms with E-state index in [0.717, 1.165) is 0 Å². The van der Waals surface area contributed by atoms with Crippen LogP contribution in [0.5, 0.6) is 5.88 Å². The second-order valence-corrected chi connectivity index (χ2v) is 4.45. The number of carbonyl (C=O) groups is 1. The number of anilines is 1. The molecule has 2 rings (SSSR count). The van der Waals surface area contributed by atoms with E-state index in [1.54, 1.807) is 18.8 Å². The Bertz CT molecular complexity index is 620. The standard InChI is InChI=1S/C10H15N7O2/c1-5(2)17-7-6(14-15-17)8(13-9(11)12-7)19-10(18)16(3)4/h5H,1-4H3,(H2,11,12,13). The fraction of sp³-hybridized carbons (Fsp3) is 0.500. The highest BCUT2D eigenvalue weighted by molar-refractivity contribution is 5.80. The summed E-state index contributed by atoms with van der Waals surface area (Å²) in [4.78, 5) is 20.8. The van der Waals surface area contributed by atoms with E-state index >= 15 is 0 Å². The number of amides is 1. The number of rotatable bonds is 2. The van der Waals surface area contributed by atoms with E-state index in [-0.39, 0.29) is 17.9 Å². The molecule has 2 aromatic rings. The number of nitrogens with two attached hydrogens (primary N) is 1. The Hall–Kier alpha value is -2.45. The maximum atomic E-state index is 11.6. The molecule has 0 spiro atoms. The van der Waals surface area contributed by atoms with Gasteiger partial charge in [0.1, 0.15) is 0 Å². The van der Waals surface area contributed by atoms with Gasteiger partial charge in [-0.3, -0.25) is 0 Å². The Balaban J connectivity index is 2.52. The molecular weight excluding hydrogens is 250 g/mol. The van der Waals surface area contributed by atoms with Gasteiger partial charge in [0.05, 0.1) is 6.04 Å². The number of aromatic nitrogens is 5. The van der Waals surface area contributed by atoms with E-state index in [1.807, 2.05) is 13.8 Å². The molecule has 102 valence electrons. The summed E-state index contributed by atoms with van der Waals surface area (Å²) < 4.78 is 6.69. The molecule has 0 saturated heterocycles. The van der Waals surface area contributed by atoms with Crippen molar-refractivity contribution in [1.82, 2.24) is 29.9 Å². The largest absolute Gasteiger partial charge is 0.416 e. The lowest BCUT2D eigenvalue weighted by Gasteiger charge is -2.10. The molecule has 0 saturated carbocycles. The van der Waals surface area contributed by atoms with Crippen LogP contribution >= 0.6 is 0 Å². The van der Waals surface area contributed by atoms with E-state index in [4.69, 9.17) is 10.5 Å². The van der Waals surface area contributed by atoms with Crippen LogP contribution in [0.2, 0.25) is 0 Å². The lowest BCUT2D eigenvalue weighted by Crippen LogP contribution is -2.26. The summed E-state index contributed by atoms with van der Waals surface area (Å²) in [5.74, 6) is 0.00589. The van der Waals surface area contributed by atoms with Gasteiger partial charge in [0.2, 0.25) is 5.95 Å². The molecule has 0 aliphatic heterocycles. The highest BCUT2D eigenvalue weighted by atomic mass is 16.6. The van der Waals surface area contributed by atoms with Crippen LogP contribution in [0.1, 0.15) is 19.9 Å². The number of ether oxygens (including phenoxy) is 1. The van der Waals surface area contributed by atoms with Gasteiger partial charge >= 0.3 is 6.09 Å². The number of carbonyl (C=O) groups excluding carboxylic acids is 1. The van der Waals surface area contributed by atoms with Gasteiger partial charge in [-0.1, -0.05) is 5.21 Å². The van der Waals surface area contributed by atoms with Gasteiger partial charge in [-0.05, 0) is 13.8 Å².